The summed E-state index contributed by atoms with van der Waals surface area (Å²) in [5.74, 6) is 0. The quantitative estimate of drug-likeness (QED) is 0.113. The molecule has 5 unspecified atom stereocenters. The molecule has 0 N–H and O–H groups in total. The molecule has 0 radical (unpaired) electrons. The van der Waals surface area contributed by atoms with Crippen LogP contribution in [0.25, 0.3) is 10.8 Å². The van der Waals surface area contributed by atoms with Crippen LogP contribution in [0.1, 0.15) is 254 Å². The monoisotopic (exact) mass is 1540 g/mol. The zero-order valence-corrected chi connectivity index (χ0v) is 71.8. The second-order valence-electron chi connectivity index (χ2n) is 40.8. The van der Waals surface area contributed by atoms with Gasteiger partial charge in [0.15, 0.2) is 0 Å². The molecule has 5 aromatic rings. The molecule has 5 atom stereocenters. The molecule has 11 nitrogen and oxygen atoms in total. The molecule has 0 spiro atoms. The lowest BCUT2D eigenvalue weighted by atomic mass is 9.82. The van der Waals surface area contributed by atoms with Crippen molar-refractivity contribution in [2.45, 2.75) is 315 Å². The molecule has 0 aromatic heterocycles. The lowest BCUT2D eigenvalue weighted by molar-refractivity contribution is -0.137. The van der Waals surface area contributed by atoms with Gasteiger partial charge in [0.25, 0.3) is 0 Å². The van der Waals surface area contributed by atoms with Crippen LogP contribution in [0.15, 0.2) is 115 Å². The van der Waals surface area contributed by atoms with Crippen molar-refractivity contribution in [2.75, 3.05) is 105 Å². The van der Waals surface area contributed by atoms with Crippen molar-refractivity contribution < 1.29 is 13.2 Å². The Kier molecular flexibility index (Phi) is 32.3. The smallest absolute Gasteiger partial charge is 0.300 e. The number of likely N-dealkylation sites (N-methyl/N-ethyl adjacent to an activating group) is 1. The second-order valence-corrected chi connectivity index (χ2v) is 40.8. The maximum atomic E-state index is 13.0. The van der Waals surface area contributed by atoms with Crippen LogP contribution in [0.3, 0.4) is 0 Å². The summed E-state index contributed by atoms with van der Waals surface area (Å²) in [5, 5.41) is 11.6. The number of rotatable bonds is 13. The summed E-state index contributed by atoms with van der Waals surface area (Å²) in [5.41, 5.74) is 7.98. The summed E-state index contributed by atoms with van der Waals surface area (Å²) < 4.78 is 38.9. The number of hydrogen-bond acceptors (Lipinski definition) is 11. The number of nitriles is 1. The average Bonchev–Trinajstić information content (AvgIpc) is 0.817. The molecule has 0 amide bonds. The van der Waals surface area contributed by atoms with Crippen molar-refractivity contribution in [3.8, 4) is 6.07 Å². The van der Waals surface area contributed by atoms with Crippen LogP contribution >= 0.6 is 0 Å². The highest BCUT2D eigenvalue weighted by Crippen LogP contribution is 2.40. The van der Waals surface area contributed by atoms with E-state index in [0.29, 0.717) is 47.0 Å². The van der Waals surface area contributed by atoms with Crippen molar-refractivity contribution in [3.05, 3.63) is 154 Å². The number of aryl methyl sites for hydroxylation is 1. The number of alkyl halides is 3. The van der Waals surface area contributed by atoms with Gasteiger partial charge in [-0.1, -0.05) is 247 Å². The van der Waals surface area contributed by atoms with E-state index >= 15 is 0 Å². The number of halogens is 3. The minimum absolute atomic E-state index is 0. The van der Waals surface area contributed by atoms with E-state index in [1.807, 2.05) is 18.2 Å². The van der Waals surface area contributed by atoms with E-state index in [9.17, 15) is 13.2 Å². The van der Waals surface area contributed by atoms with Gasteiger partial charge >= 0.3 is 6.18 Å². The van der Waals surface area contributed by atoms with Gasteiger partial charge in [-0.15, -0.1) is 0 Å². The van der Waals surface area contributed by atoms with E-state index in [0.717, 1.165) is 99.3 Å². The van der Waals surface area contributed by atoms with Gasteiger partial charge in [-0.3, -0.25) is 44.1 Å². The molecule has 112 heavy (non-hydrogen) atoms. The van der Waals surface area contributed by atoms with Gasteiger partial charge in [-0.2, -0.15) is 18.4 Å². The Labute approximate surface area is 681 Å². The summed E-state index contributed by atoms with van der Waals surface area (Å²) in [6.45, 7) is 59.0. The summed E-state index contributed by atoms with van der Waals surface area (Å²) in [6, 6.07) is 48.0. The van der Waals surface area contributed by atoms with Crippen molar-refractivity contribution in [1.29, 1.82) is 5.26 Å². The Hall–Kier alpha value is -4.76. The first kappa shape index (κ1) is 91.1. The third kappa shape index (κ3) is 24.9. The highest BCUT2D eigenvalue weighted by atomic mass is 19.4. The topological polar surface area (TPSA) is 56.2 Å². The molecule has 624 valence electrons. The summed E-state index contributed by atoms with van der Waals surface area (Å²) >= 11 is 0. The molecule has 5 saturated carbocycles. The predicted octanol–water partition coefficient (Wildman–Crippen LogP) is 20.9. The van der Waals surface area contributed by atoms with Gasteiger partial charge in [-0.05, 0) is 163 Å². The Bertz CT molecular complexity index is 3660. The zero-order chi connectivity index (χ0) is 78.9. The molecule has 14 heteroatoms. The normalized spacial score (nSPS) is 24.9. The molecule has 0 bridgehead atoms. The number of piperazine rings is 5. The molecule has 5 heterocycles. The number of benzene rings is 5. The molecule has 5 saturated heterocycles. The summed E-state index contributed by atoms with van der Waals surface area (Å²) in [6.07, 6.45) is 16.8. The Morgan fingerprint density at radius 1 is 0.339 bits per heavy atom. The van der Waals surface area contributed by atoms with Crippen LogP contribution in [0, 0.1) is 45.3 Å². The number of hydrogen-bond donors (Lipinski definition) is 0. The third-order valence-electron chi connectivity index (χ3n) is 27.5. The molecular formula is C98H156F3N11. The van der Waals surface area contributed by atoms with Crippen LogP contribution in [0.5, 0.6) is 0 Å². The molecule has 10 fully saturated rings. The highest BCUT2D eigenvalue weighted by Gasteiger charge is 2.44. The third-order valence-corrected chi connectivity index (χ3v) is 27.5. The SMILES string of the molecule is C.C.CC(C)(C)C1CN(C2CCC2)CCN1Cc1ccc(C#N)cc1.CC(C)(C)C1CN(C2CCC2)CCN1Cc1ccc2ccccc2c1.CC(C)(C)C1CN(C2CCC2)CCN1Cc1cccc(C(F)(F)F)c1.CN1CCN(C2CCC2)CC1C(C)(C)C.Cc1ccc(CN2CCN(C3CCC3)CC2C(C)(C)C)cc1. The van der Waals surface area contributed by atoms with Gasteiger partial charge < -0.3 is 4.90 Å². The van der Waals surface area contributed by atoms with Crippen molar-refractivity contribution in [2.24, 2.45) is 27.1 Å². The van der Waals surface area contributed by atoms with Gasteiger partial charge in [-0.25, -0.2) is 0 Å². The second kappa shape index (κ2) is 39.7. The highest BCUT2D eigenvalue weighted by molar-refractivity contribution is 5.83. The van der Waals surface area contributed by atoms with Crippen LogP contribution < -0.4 is 0 Å². The average molecular weight is 1550 g/mol. The van der Waals surface area contributed by atoms with Crippen LogP contribution in [0.2, 0.25) is 0 Å². The van der Waals surface area contributed by atoms with E-state index < -0.39 is 11.7 Å². The van der Waals surface area contributed by atoms with Gasteiger partial charge in [0.2, 0.25) is 0 Å². The van der Waals surface area contributed by atoms with Crippen LogP contribution in [0.4, 0.5) is 13.2 Å². The number of fused-ring (bicyclic) bond motifs is 1. The maximum absolute atomic E-state index is 13.0. The predicted molar refractivity (Wildman–Crippen MR) is 468 cm³/mol. The Balaban J connectivity index is 0.000000161. The van der Waals surface area contributed by atoms with Crippen molar-refractivity contribution in [1.82, 2.24) is 49.0 Å². The fourth-order valence-electron chi connectivity index (χ4n) is 19.2. The number of nitrogens with zero attached hydrogens (tertiary/aromatic N) is 11. The molecular weight excluding hydrogens is 1390 g/mol. The van der Waals surface area contributed by atoms with Gasteiger partial charge in [0.05, 0.1) is 17.2 Å². The molecule has 5 aliphatic heterocycles. The van der Waals surface area contributed by atoms with Gasteiger partial charge in [0, 0.05) is 185 Å². The first-order chi connectivity index (χ1) is 52.0. The van der Waals surface area contributed by atoms with Crippen LogP contribution in [-0.2, 0) is 32.4 Å². The van der Waals surface area contributed by atoms with Gasteiger partial charge in [0.1, 0.15) is 0 Å². The minimum Gasteiger partial charge on any atom is -0.300 e. The van der Waals surface area contributed by atoms with Crippen molar-refractivity contribution in [3.63, 3.8) is 0 Å². The molecule has 5 aliphatic carbocycles. The van der Waals surface area contributed by atoms with E-state index in [1.165, 1.54) is 213 Å². The maximum Gasteiger partial charge on any atom is 0.416 e. The molecule has 10 aliphatic rings. The zero-order valence-electron chi connectivity index (χ0n) is 71.8. The van der Waals surface area contributed by atoms with E-state index in [-0.39, 0.29) is 25.7 Å². The van der Waals surface area contributed by atoms with Crippen molar-refractivity contribution >= 4 is 10.8 Å². The lowest BCUT2D eigenvalue weighted by Crippen LogP contribution is -2.60. The first-order valence-electron chi connectivity index (χ1n) is 43.6. The van der Waals surface area contributed by atoms with E-state index in [4.69, 9.17) is 5.26 Å². The van der Waals surface area contributed by atoms with E-state index in [1.54, 1.807) is 0 Å². The largest absolute Gasteiger partial charge is 0.416 e. The Morgan fingerprint density at radius 2 is 0.643 bits per heavy atom. The fourth-order valence-corrected chi connectivity index (χ4v) is 19.2. The first-order valence-corrected chi connectivity index (χ1v) is 43.6. The van der Waals surface area contributed by atoms with Crippen LogP contribution in [-0.4, -0.2) is 215 Å². The standard InChI is InChI=1S/C23H32N2.C20H29F3N2.C20H29N3.C20H32N2.C13H26N2.2CH4/c1-23(2,3)22-17-24(21-9-6-10-21)13-14-25(22)16-18-11-12-19-7-4-5-8-20(19)15-18;1-19(2,3)18-14-24(17-8-5-9-17)10-11-25(18)13-15-6-4-7-16(12-15)20(21,22)23;1-20(2,3)19-15-22(18-5-4-6-18)11-12-23(19)14-17-9-7-16(13-21)8-10-17;1-16-8-10-17(11-9-16)14-22-13-12-21(18-6-5-7-18)15-19(22)20(2,3)4;1-13(2,3)12-10-15(9-8-14(12)4)11-6-5-7-11;;/h4-5,7-8,11-12,15,21-22H,6,9-10,13-14,16-17H2,1-3H3;4,6-7,12,17-18H,5,8-11,13-14H2,1-3H3;7-10,18-19H,4-6,11-12,14-15H2,1-3H3;8-11,18-19H,5-7,12-15H2,1-4H3;11-12H,5-10H2,1-4H3;2*1H4. The molecule has 5 aromatic carbocycles. The summed E-state index contributed by atoms with van der Waals surface area (Å²) in [4.78, 5) is 26.6. The fraction of sp³-hybridized carbons (Fsp3) is 0.704. The summed E-state index contributed by atoms with van der Waals surface area (Å²) in [7, 11) is 2.29. The minimum atomic E-state index is -4.28. The Morgan fingerprint density at radius 3 is 0.964 bits per heavy atom. The lowest BCUT2D eigenvalue weighted by Gasteiger charge is -2.51. The molecule has 15 rings (SSSR count). The van der Waals surface area contributed by atoms with E-state index in [2.05, 4.69) is 252 Å².